The molecule has 0 spiro atoms. The lowest BCUT2D eigenvalue weighted by Crippen LogP contribution is -2.09. The fourth-order valence-corrected chi connectivity index (χ4v) is 0.351. The quantitative estimate of drug-likeness (QED) is 0.553. The van der Waals surface area contributed by atoms with Crippen LogP contribution in [0.1, 0.15) is 26.2 Å². The molecule has 0 atom stereocenters. The van der Waals surface area contributed by atoms with Gasteiger partial charge in [0, 0.05) is 6.42 Å². The molecular formula is C5H13NO5S. The van der Waals surface area contributed by atoms with Gasteiger partial charge in [-0.05, 0) is 6.42 Å². The number of rotatable bonds is 3. The molecule has 0 saturated heterocycles. The molecule has 0 unspecified atom stereocenters. The van der Waals surface area contributed by atoms with Gasteiger partial charge in [-0.3, -0.25) is 13.9 Å². The topological polar surface area (TPSA) is 118 Å². The first kappa shape index (κ1) is 13.9. The second kappa shape index (κ2) is 7.01. The molecule has 0 aromatic rings. The summed E-state index contributed by atoms with van der Waals surface area (Å²) in [6.45, 7) is 2.03. The van der Waals surface area contributed by atoms with Crippen LogP contribution in [0.25, 0.3) is 0 Å². The van der Waals surface area contributed by atoms with Crippen molar-refractivity contribution in [3.8, 4) is 0 Å². The number of hydrogen-bond donors (Lipinski definition) is 3. The van der Waals surface area contributed by atoms with Crippen LogP contribution in [0.3, 0.4) is 0 Å². The lowest BCUT2D eigenvalue weighted by Gasteiger charge is -1.86. The van der Waals surface area contributed by atoms with Crippen LogP contribution < -0.4 is 5.73 Å². The Hall–Kier alpha value is -0.660. The Morgan fingerprint density at radius 3 is 1.83 bits per heavy atom. The molecule has 6 nitrogen and oxygen atoms in total. The third-order valence-electron chi connectivity index (χ3n) is 0.777. The summed E-state index contributed by atoms with van der Waals surface area (Å²) in [6.07, 6.45) is 2.51. The van der Waals surface area contributed by atoms with E-state index in [0.29, 0.717) is 6.42 Å². The van der Waals surface area contributed by atoms with E-state index < -0.39 is 10.4 Å². The van der Waals surface area contributed by atoms with E-state index in [4.69, 9.17) is 23.3 Å². The highest BCUT2D eigenvalue weighted by atomic mass is 32.3. The van der Waals surface area contributed by atoms with Gasteiger partial charge >= 0.3 is 10.4 Å². The zero-order valence-corrected chi connectivity index (χ0v) is 7.54. The van der Waals surface area contributed by atoms with Gasteiger partial charge in [-0.25, -0.2) is 0 Å². The SMILES string of the molecule is CCCCC(N)=O.O=S(=O)(O)O. The lowest BCUT2D eigenvalue weighted by atomic mass is 10.2. The van der Waals surface area contributed by atoms with Gasteiger partial charge in [0.05, 0.1) is 0 Å². The van der Waals surface area contributed by atoms with Gasteiger partial charge in [0.25, 0.3) is 0 Å². The van der Waals surface area contributed by atoms with Gasteiger partial charge in [-0.2, -0.15) is 8.42 Å². The van der Waals surface area contributed by atoms with Crippen LogP contribution in [0.15, 0.2) is 0 Å². The molecule has 4 N–H and O–H groups in total. The normalized spacial score (nSPS) is 9.92. The van der Waals surface area contributed by atoms with Crippen LogP contribution >= 0.6 is 0 Å². The number of unbranched alkanes of at least 4 members (excludes halogenated alkanes) is 1. The van der Waals surface area contributed by atoms with E-state index in [1.165, 1.54) is 0 Å². The Labute approximate surface area is 71.3 Å². The zero-order valence-electron chi connectivity index (χ0n) is 6.73. The van der Waals surface area contributed by atoms with E-state index in [1.54, 1.807) is 0 Å². The van der Waals surface area contributed by atoms with Crippen LogP contribution in [0.4, 0.5) is 0 Å². The van der Waals surface area contributed by atoms with E-state index in [1.807, 2.05) is 6.92 Å². The molecule has 0 bridgehead atoms. The first-order valence-corrected chi connectivity index (χ1v) is 4.65. The summed E-state index contributed by atoms with van der Waals surface area (Å²) in [6, 6.07) is 0. The maximum Gasteiger partial charge on any atom is 0.394 e. The lowest BCUT2D eigenvalue weighted by molar-refractivity contribution is -0.118. The third-order valence-corrected chi connectivity index (χ3v) is 0.777. The molecule has 0 aliphatic rings. The van der Waals surface area contributed by atoms with Crippen molar-refractivity contribution in [1.29, 1.82) is 0 Å². The Bertz CT molecular complexity index is 202. The van der Waals surface area contributed by atoms with Crippen molar-refractivity contribution in [2.24, 2.45) is 5.73 Å². The first-order valence-electron chi connectivity index (χ1n) is 3.25. The third kappa shape index (κ3) is 58.2. The highest BCUT2D eigenvalue weighted by Gasteiger charge is 1.88. The number of carbonyl (C=O) groups excluding carboxylic acids is 1. The van der Waals surface area contributed by atoms with Crippen molar-refractivity contribution < 1.29 is 22.3 Å². The Balaban J connectivity index is 0. The smallest absolute Gasteiger partial charge is 0.370 e. The molecule has 0 fully saturated rings. The number of primary amides is 1. The van der Waals surface area contributed by atoms with Crippen molar-refractivity contribution in [2.45, 2.75) is 26.2 Å². The van der Waals surface area contributed by atoms with Crippen molar-refractivity contribution in [1.82, 2.24) is 0 Å². The molecule has 0 aliphatic heterocycles. The van der Waals surface area contributed by atoms with Gasteiger partial charge in [-0.1, -0.05) is 13.3 Å². The summed E-state index contributed by atoms with van der Waals surface area (Å²) in [5, 5.41) is 0. The van der Waals surface area contributed by atoms with Crippen LogP contribution in [0, 0.1) is 0 Å². The molecule has 0 heterocycles. The first-order chi connectivity index (χ1) is 5.27. The second-order valence-corrected chi connectivity index (χ2v) is 2.91. The maximum atomic E-state index is 9.98. The van der Waals surface area contributed by atoms with Gasteiger partial charge in [0.15, 0.2) is 0 Å². The average molecular weight is 199 g/mol. The van der Waals surface area contributed by atoms with E-state index in [9.17, 15) is 4.79 Å². The number of nitrogens with two attached hydrogens (primary N) is 1. The summed E-state index contributed by atoms with van der Waals surface area (Å²) in [7, 11) is -4.67. The summed E-state index contributed by atoms with van der Waals surface area (Å²) in [4.78, 5) is 9.98. The summed E-state index contributed by atoms with van der Waals surface area (Å²) < 4.78 is 31.6. The van der Waals surface area contributed by atoms with Crippen molar-refractivity contribution in [2.75, 3.05) is 0 Å². The summed E-state index contributed by atoms with van der Waals surface area (Å²) in [5.41, 5.74) is 4.84. The number of hydrogen-bond acceptors (Lipinski definition) is 3. The monoisotopic (exact) mass is 199 g/mol. The Morgan fingerprint density at radius 2 is 1.75 bits per heavy atom. The van der Waals surface area contributed by atoms with E-state index in [0.717, 1.165) is 12.8 Å². The van der Waals surface area contributed by atoms with Crippen molar-refractivity contribution >= 4 is 16.3 Å². The van der Waals surface area contributed by atoms with Crippen LogP contribution in [0.5, 0.6) is 0 Å². The van der Waals surface area contributed by atoms with E-state index >= 15 is 0 Å². The Morgan fingerprint density at radius 1 is 1.42 bits per heavy atom. The van der Waals surface area contributed by atoms with Gasteiger partial charge in [-0.15, -0.1) is 0 Å². The van der Waals surface area contributed by atoms with Gasteiger partial charge in [0.1, 0.15) is 0 Å². The highest BCUT2D eigenvalue weighted by molar-refractivity contribution is 7.79. The number of amides is 1. The molecular weight excluding hydrogens is 186 g/mol. The fraction of sp³-hybridized carbons (Fsp3) is 0.800. The van der Waals surface area contributed by atoms with Gasteiger partial charge in [0.2, 0.25) is 5.91 Å². The molecule has 12 heavy (non-hydrogen) atoms. The van der Waals surface area contributed by atoms with Crippen LogP contribution in [-0.2, 0) is 15.2 Å². The standard InChI is InChI=1S/C5H11NO.H2O4S/c1-2-3-4-5(6)7;1-5(2,3)4/h2-4H2,1H3,(H2,6,7);(H2,1,2,3,4). The second-order valence-electron chi connectivity index (χ2n) is 2.02. The van der Waals surface area contributed by atoms with Crippen molar-refractivity contribution in [3.63, 3.8) is 0 Å². The minimum Gasteiger partial charge on any atom is -0.370 e. The van der Waals surface area contributed by atoms with Crippen LogP contribution in [0.2, 0.25) is 0 Å². The summed E-state index contributed by atoms with van der Waals surface area (Å²) in [5.74, 6) is -0.193. The highest BCUT2D eigenvalue weighted by Crippen LogP contribution is 1.89. The molecule has 0 aromatic carbocycles. The molecule has 0 aromatic heterocycles. The molecule has 0 saturated carbocycles. The molecule has 74 valence electrons. The molecule has 0 rings (SSSR count). The maximum absolute atomic E-state index is 9.98. The minimum atomic E-state index is -4.67. The predicted molar refractivity (Wildman–Crippen MR) is 42.9 cm³/mol. The molecule has 0 radical (unpaired) electrons. The summed E-state index contributed by atoms with van der Waals surface area (Å²) >= 11 is 0. The van der Waals surface area contributed by atoms with Gasteiger partial charge < -0.3 is 5.73 Å². The van der Waals surface area contributed by atoms with E-state index in [2.05, 4.69) is 0 Å². The minimum absolute atomic E-state index is 0.193. The fourth-order valence-electron chi connectivity index (χ4n) is 0.351. The Kier molecular flexibility index (Phi) is 8.12. The van der Waals surface area contributed by atoms with E-state index in [-0.39, 0.29) is 5.91 Å². The molecule has 0 aliphatic carbocycles. The largest absolute Gasteiger partial charge is 0.394 e. The number of carbonyl (C=O) groups is 1. The van der Waals surface area contributed by atoms with Crippen LogP contribution in [-0.4, -0.2) is 23.4 Å². The predicted octanol–water partition coefficient (Wildman–Crippen LogP) is 0.00910. The molecule has 7 heteroatoms. The molecule has 1 amide bonds. The average Bonchev–Trinajstić information content (AvgIpc) is 1.79. The van der Waals surface area contributed by atoms with Crippen molar-refractivity contribution in [3.05, 3.63) is 0 Å². The zero-order chi connectivity index (χ0) is 10.2.